The second-order valence-electron chi connectivity index (χ2n) is 3.88. The van der Waals surface area contributed by atoms with E-state index in [1.54, 1.807) is 24.2 Å². The Kier molecular flexibility index (Phi) is 2.68. The number of nitrogens with one attached hydrogen (secondary N) is 1. The summed E-state index contributed by atoms with van der Waals surface area (Å²) in [7, 11) is 0. The zero-order chi connectivity index (χ0) is 11.7. The smallest absolute Gasteiger partial charge is 0.255 e. The highest BCUT2D eigenvalue weighted by atomic mass is 32.2. The summed E-state index contributed by atoms with van der Waals surface area (Å²) in [4.78, 5) is 23.3. The van der Waals surface area contributed by atoms with Gasteiger partial charge in [-0.2, -0.15) is 11.8 Å². The number of thioether (sulfide) groups is 1. The van der Waals surface area contributed by atoms with Crippen LogP contribution in [0.3, 0.4) is 0 Å². The SMILES string of the molecule is O=c1[nH]c(-c2cccnc2)nc2c1CSCC2. The van der Waals surface area contributed by atoms with Crippen molar-refractivity contribution in [1.29, 1.82) is 0 Å². The fourth-order valence-corrected chi connectivity index (χ4v) is 2.87. The molecular weight excluding hydrogens is 234 g/mol. The summed E-state index contributed by atoms with van der Waals surface area (Å²) in [6.45, 7) is 0. The van der Waals surface area contributed by atoms with Crippen molar-refractivity contribution in [2.75, 3.05) is 5.75 Å². The van der Waals surface area contributed by atoms with E-state index in [0.717, 1.165) is 34.7 Å². The highest BCUT2D eigenvalue weighted by Gasteiger charge is 2.16. The van der Waals surface area contributed by atoms with E-state index in [-0.39, 0.29) is 5.56 Å². The van der Waals surface area contributed by atoms with Gasteiger partial charge in [0.05, 0.1) is 5.69 Å². The monoisotopic (exact) mass is 245 g/mol. The molecule has 0 spiro atoms. The molecular formula is C12H11N3OS. The molecule has 2 aromatic heterocycles. The molecule has 86 valence electrons. The van der Waals surface area contributed by atoms with Crippen molar-refractivity contribution < 1.29 is 0 Å². The van der Waals surface area contributed by atoms with E-state index < -0.39 is 0 Å². The quantitative estimate of drug-likeness (QED) is 0.829. The minimum atomic E-state index is -0.0129. The van der Waals surface area contributed by atoms with E-state index in [1.165, 1.54) is 0 Å². The lowest BCUT2D eigenvalue weighted by atomic mass is 10.2. The van der Waals surface area contributed by atoms with Crippen LogP contribution in [0.15, 0.2) is 29.3 Å². The molecule has 5 heteroatoms. The second kappa shape index (κ2) is 4.33. The Hall–Kier alpha value is -1.62. The molecule has 0 saturated carbocycles. The number of aryl methyl sites for hydroxylation is 1. The average Bonchev–Trinajstić information content (AvgIpc) is 2.40. The van der Waals surface area contributed by atoms with Gasteiger partial charge in [0.15, 0.2) is 0 Å². The van der Waals surface area contributed by atoms with Gasteiger partial charge in [0, 0.05) is 29.3 Å². The molecule has 0 fully saturated rings. The Morgan fingerprint density at radius 3 is 3.18 bits per heavy atom. The van der Waals surface area contributed by atoms with Crippen LogP contribution in [0.25, 0.3) is 11.4 Å². The first kappa shape index (κ1) is 10.5. The second-order valence-corrected chi connectivity index (χ2v) is 4.99. The van der Waals surface area contributed by atoms with Crippen molar-refractivity contribution in [3.8, 4) is 11.4 Å². The van der Waals surface area contributed by atoms with Crippen molar-refractivity contribution in [2.45, 2.75) is 12.2 Å². The van der Waals surface area contributed by atoms with Crippen LogP contribution >= 0.6 is 11.8 Å². The number of fused-ring (bicyclic) bond motifs is 1. The molecule has 2 aromatic rings. The number of H-pyrrole nitrogens is 1. The molecule has 0 aromatic carbocycles. The third-order valence-electron chi connectivity index (χ3n) is 2.77. The van der Waals surface area contributed by atoms with Gasteiger partial charge in [0.1, 0.15) is 5.82 Å². The lowest BCUT2D eigenvalue weighted by molar-refractivity contribution is 0.937. The predicted octanol–water partition coefficient (Wildman–Crippen LogP) is 1.62. The highest BCUT2D eigenvalue weighted by molar-refractivity contribution is 7.98. The number of pyridine rings is 1. The van der Waals surface area contributed by atoms with Crippen LogP contribution in [-0.2, 0) is 12.2 Å². The molecule has 17 heavy (non-hydrogen) atoms. The van der Waals surface area contributed by atoms with Gasteiger partial charge in [-0.15, -0.1) is 0 Å². The lowest BCUT2D eigenvalue weighted by Gasteiger charge is -2.14. The Balaban J connectivity index is 2.14. The van der Waals surface area contributed by atoms with Crippen molar-refractivity contribution in [1.82, 2.24) is 15.0 Å². The lowest BCUT2D eigenvalue weighted by Crippen LogP contribution is -2.21. The zero-order valence-electron chi connectivity index (χ0n) is 9.14. The van der Waals surface area contributed by atoms with Crippen LogP contribution < -0.4 is 5.56 Å². The van der Waals surface area contributed by atoms with E-state index >= 15 is 0 Å². The number of rotatable bonds is 1. The van der Waals surface area contributed by atoms with E-state index in [4.69, 9.17) is 0 Å². The number of hydrogen-bond acceptors (Lipinski definition) is 4. The molecule has 0 unspecified atom stereocenters. The Morgan fingerprint density at radius 1 is 1.41 bits per heavy atom. The van der Waals surface area contributed by atoms with Gasteiger partial charge in [-0.1, -0.05) is 0 Å². The third kappa shape index (κ3) is 1.98. The molecule has 0 radical (unpaired) electrons. The first-order valence-corrected chi connectivity index (χ1v) is 6.60. The Bertz CT molecular complexity index is 594. The van der Waals surface area contributed by atoms with Gasteiger partial charge in [-0.05, 0) is 24.3 Å². The number of nitrogens with zero attached hydrogens (tertiary/aromatic N) is 2. The summed E-state index contributed by atoms with van der Waals surface area (Å²) in [5, 5.41) is 0. The standard InChI is InChI=1S/C12H11N3OS/c16-12-9-7-17-5-3-10(9)14-11(15-12)8-2-1-4-13-6-8/h1-2,4,6H,3,5,7H2,(H,14,15,16). The van der Waals surface area contributed by atoms with Gasteiger partial charge in [0.25, 0.3) is 5.56 Å². The van der Waals surface area contributed by atoms with E-state index in [1.807, 2.05) is 12.1 Å². The van der Waals surface area contributed by atoms with Gasteiger partial charge in [-0.25, -0.2) is 4.98 Å². The van der Waals surface area contributed by atoms with Crippen molar-refractivity contribution in [3.63, 3.8) is 0 Å². The maximum absolute atomic E-state index is 11.9. The van der Waals surface area contributed by atoms with Crippen LogP contribution in [0.2, 0.25) is 0 Å². The predicted molar refractivity (Wildman–Crippen MR) is 68.0 cm³/mol. The summed E-state index contributed by atoms with van der Waals surface area (Å²) >= 11 is 1.78. The van der Waals surface area contributed by atoms with Crippen LogP contribution in [0.5, 0.6) is 0 Å². The van der Waals surface area contributed by atoms with Crippen LogP contribution in [0.4, 0.5) is 0 Å². The van der Waals surface area contributed by atoms with E-state index in [9.17, 15) is 4.79 Å². The van der Waals surface area contributed by atoms with Crippen LogP contribution in [0.1, 0.15) is 11.3 Å². The van der Waals surface area contributed by atoms with Crippen molar-refractivity contribution in [3.05, 3.63) is 46.1 Å². The summed E-state index contributed by atoms with van der Waals surface area (Å²) in [5.74, 6) is 2.43. The molecule has 0 bridgehead atoms. The van der Waals surface area contributed by atoms with Crippen molar-refractivity contribution >= 4 is 11.8 Å². The maximum atomic E-state index is 11.9. The first-order valence-electron chi connectivity index (χ1n) is 5.45. The van der Waals surface area contributed by atoms with Crippen LogP contribution in [-0.4, -0.2) is 20.7 Å². The molecule has 0 atom stereocenters. The molecule has 1 aliphatic rings. The molecule has 0 amide bonds. The Morgan fingerprint density at radius 2 is 2.35 bits per heavy atom. The average molecular weight is 245 g/mol. The molecule has 3 rings (SSSR count). The van der Waals surface area contributed by atoms with Gasteiger partial charge >= 0.3 is 0 Å². The molecule has 4 nitrogen and oxygen atoms in total. The minimum absolute atomic E-state index is 0.0129. The fourth-order valence-electron chi connectivity index (χ4n) is 1.88. The topological polar surface area (TPSA) is 58.6 Å². The molecule has 3 heterocycles. The maximum Gasteiger partial charge on any atom is 0.255 e. The van der Waals surface area contributed by atoms with Gasteiger partial charge in [0.2, 0.25) is 0 Å². The fraction of sp³-hybridized carbons (Fsp3) is 0.250. The van der Waals surface area contributed by atoms with E-state index in [0.29, 0.717) is 5.82 Å². The summed E-state index contributed by atoms with van der Waals surface area (Å²) in [6.07, 6.45) is 4.29. The number of aromatic nitrogens is 3. The molecule has 0 aliphatic carbocycles. The number of hydrogen-bond donors (Lipinski definition) is 1. The van der Waals surface area contributed by atoms with Gasteiger partial charge < -0.3 is 4.98 Å². The van der Waals surface area contributed by atoms with Gasteiger partial charge in [-0.3, -0.25) is 9.78 Å². The molecule has 1 N–H and O–H groups in total. The van der Waals surface area contributed by atoms with Crippen LogP contribution in [0, 0.1) is 0 Å². The largest absolute Gasteiger partial charge is 0.306 e. The molecule has 1 aliphatic heterocycles. The van der Waals surface area contributed by atoms with E-state index in [2.05, 4.69) is 15.0 Å². The zero-order valence-corrected chi connectivity index (χ0v) is 9.96. The summed E-state index contributed by atoms with van der Waals surface area (Å²) < 4.78 is 0. The summed E-state index contributed by atoms with van der Waals surface area (Å²) in [6, 6.07) is 3.74. The third-order valence-corrected chi connectivity index (χ3v) is 3.75. The summed E-state index contributed by atoms with van der Waals surface area (Å²) in [5.41, 5.74) is 2.60. The first-order chi connectivity index (χ1) is 8.34. The minimum Gasteiger partial charge on any atom is -0.306 e. The highest BCUT2D eigenvalue weighted by Crippen LogP contribution is 2.21. The normalized spacial score (nSPS) is 14.4. The van der Waals surface area contributed by atoms with Crippen molar-refractivity contribution in [2.24, 2.45) is 0 Å². The Labute approximate surface area is 103 Å². The molecule has 0 saturated heterocycles. The number of aromatic amines is 1.